The normalized spacial score (nSPS) is 17.6. The number of fused-ring (bicyclic) bond motifs is 1. The zero-order valence-electron chi connectivity index (χ0n) is 10.2. The molecule has 1 aliphatic heterocycles. The molecule has 0 atom stereocenters. The second-order valence-electron chi connectivity index (χ2n) is 4.58. The van der Waals surface area contributed by atoms with Crippen molar-refractivity contribution in [1.82, 2.24) is 10.2 Å². The van der Waals surface area contributed by atoms with Crippen molar-refractivity contribution in [1.29, 1.82) is 0 Å². The minimum atomic E-state index is 1.03. The van der Waals surface area contributed by atoms with Gasteiger partial charge in [0.1, 0.15) is 0 Å². The second kappa shape index (κ2) is 6.02. The van der Waals surface area contributed by atoms with Crippen molar-refractivity contribution in [3.05, 3.63) is 35.4 Å². The topological polar surface area (TPSA) is 15.3 Å². The Morgan fingerprint density at radius 2 is 2.06 bits per heavy atom. The molecule has 1 heterocycles. The van der Waals surface area contributed by atoms with E-state index in [1.165, 1.54) is 37.1 Å². The van der Waals surface area contributed by atoms with Crippen LogP contribution in [0.15, 0.2) is 24.3 Å². The van der Waals surface area contributed by atoms with E-state index in [9.17, 15) is 0 Å². The fourth-order valence-electron chi connectivity index (χ4n) is 2.24. The number of rotatable bonds is 3. The molecule has 1 aromatic rings. The minimum absolute atomic E-state index is 1.03. The number of nitrogens with one attached hydrogen (secondary N) is 1. The average Bonchev–Trinajstić information content (AvgIpc) is 2.29. The Morgan fingerprint density at radius 1 is 1.25 bits per heavy atom. The van der Waals surface area contributed by atoms with E-state index in [1.54, 1.807) is 0 Å². The molecule has 2 nitrogen and oxygen atoms in total. The van der Waals surface area contributed by atoms with Crippen LogP contribution in [-0.2, 0) is 13.1 Å². The van der Waals surface area contributed by atoms with Crippen molar-refractivity contribution in [3.63, 3.8) is 0 Å². The van der Waals surface area contributed by atoms with Gasteiger partial charge in [-0.15, -0.1) is 0 Å². The fourth-order valence-corrected chi connectivity index (χ4v) is 2.24. The Bertz CT molecular complexity index is 322. The van der Waals surface area contributed by atoms with Gasteiger partial charge >= 0.3 is 0 Å². The average molecular weight is 218 g/mol. The van der Waals surface area contributed by atoms with Crippen molar-refractivity contribution in [2.75, 3.05) is 19.6 Å². The third-order valence-corrected chi connectivity index (χ3v) is 3.26. The van der Waals surface area contributed by atoms with Crippen molar-refractivity contribution >= 4 is 0 Å². The van der Waals surface area contributed by atoms with E-state index >= 15 is 0 Å². The van der Waals surface area contributed by atoms with Crippen molar-refractivity contribution < 1.29 is 0 Å². The van der Waals surface area contributed by atoms with E-state index in [-0.39, 0.29) is 0 Å². The lowest BCUT2D eigenvalue weighted by Gasteiger charge is -2.26. The minimum Gasteiger partial charge on any atom is -0.311 e. The van der Waals surface area contributed by atoms with Gasteiger partial charge in [-0.1, -0.05) is 37.6 Å². The molecule has 0 aromatic heterocycles. The van der Waals surface area contributed by atoms with Crippen LogP contribution >= 0.6 is 0 Å². The van der Waals surface area contributed by atoms with Gasteiger partial charge < -0.3 is 5.32 Å². The Labute approximate surface area is 98.7 Å². The number of hydrogen-bond acceptors (Lipinski definition) is 2. The van der Waals surface area contributed by atoms with Gasteiger partial charge in [-0.2, -0.15) is 0 Å². The van der Waals surface area contributed by atoms with E-state index < -0.39 is 0 Å². The first-order valence-electron chi connectivity index (χ1n) is 6.40. The summed E-state index contributed by atoms with van der Waals surface area (Å²) in [5, 5.41) is 3.51. The summed E-state index contributed by atoms with van der Waals surface area (Å²) in [6.45, 7) is 7.92. The number of unbranched alkanes of at least 4 members (excludes halogenated alkanes) is 1. The molecule has 16 heavy (non-hydrogen) atoms. The molecule has 1 aromatic carbocycles. The Balaban J connectivity index is 2.06. The van der Waals surface area contributed by atoms with Crippen LogP contribution in [0.4, 0.5) is 0 Å². The Hall–Kier alpha value is -0.860. The van der Waals surface area contributed by atoms with Crippen LogP contribution in [0.3, 0.4) is 0 Å². The number of nitrogens with zero attached hydrogens (tertiary/aromatic N) is 1. The molecule has 1 aliphatic rings. The highest BCUT2D eigenvalue weighted by Gasteiger charge is 2.11. The Kier molecular flexibility index (Phi) is 4.37. The molecular weight excluding hydrogens is 196 g/mol. The number of hydrogen-bond donors (Lipinski definition) is 1. The van der Waals surface area contributed by atoms with Crippen LogP contribution in [0.1, 0.15) is 30.9 Å². The monoisotopic (exact) mass is 218 g/mol. The maximum Gasteiger partial charge on any atom is 0.0237 e. The van der Waals surface area contributed by atoms with Gasteiger partial charge in [0.25, 0.3) is 0 Å². The highest BCUT2D eigenvalue weighted by Crippen LogP contribution is 2.13. The van der Waals surface area contributed by atoms with Gasteiger partial charge in [0, 0.05) is 26.2 Å². The van der Waals surface area contributed by atoms with Crippen molar-refractivity contribution in [2.45, 2.75) is 32.9 Å². The first-order chi connectivity index (χ1) is 7.90. The smallest absolute Gasteiger partial charge is 0.0237 e. The van der Waals surface area contributed by atoms with E-state index in [0.717, 1.165) is 19.6 Å². The second-order valence-corrected chi connectivity index (χ2v) is 4.58. The summed E-state index contributed by atoms with van der Waals surface area (Å²) in [5.74, 6) is 0. The molecule has 2 heteroatoms. The van der Waals surface area contributed by atoms with E-state index in [0.29, 0.717) is 0 Å². The maximum absolute atomic E-state index is 3.51. The third-order valence-electron chi connectivity index (χ3n) is 3.26. The SMILES string of the molecule is CCCCN1CCNCc2ccccc2C1. The van der Waals surface area contributed by atoms with Gasteiger partial charge in [0.05, 0.1) is 0 Å². The fraction of sp³-hybridized carbons (Fsp3) is 0.571. The molecule has 0 saturated heterocycles. The summed E-state index contributed by atoms with van der Waals surface area (Å²) < 4.78 is 0. The first-order valence-corrected chi connectivity index (χ1v) is 6.40. The molecule has 0 radical (unpaired) electrons. The van der Waals surface area contributed by atoms with Gasteiger partial charge in [-0.05, 0) is 24.1 Å². The van der Waals surface area contributed by atoms with E-state index in [4.69, 9.17) is 0 Å². The van der Waals surface area contributed by atoms with Crippen LogP contribution in [0, 0.1) is 0 Å². The summed E-state index contributed by atoms with van der Waals surface area (Å²) in [6.07, 6.45) is 2.59. The molecule has 0 bridgehead atoms. The predicted molar refractivity (Wildman–Crippen MR) is 68.3 cm³/mol. The van der Waals surface area contributed by atoms with Gasteiger partial charge in [0.2, 0.25) is 0 Å². The lowest BCUT2D eigenvalue weighted by atomic mass is 10.1. The first kappa shape index (κ1) is 11.6. The standard InChI is InChI=1S/C14H22N2/c1-2-3-9-16-10-8-15-11-13-6-4-5-7-14(13)12-16/h4-7,15H,2-3,8-12H2,1H3. The maximum atomic E-state index is 3.51. The van der Waals surface area contributed by atoms with Crippen molar-refractivity contribution in [3.8, 4) is 0 Å². The summed E-state index contributed by atoms with van der Waals surface area (Å²) in [4.78, 5) is 2.56. The Morgan fingerprint density at radius 3 is 2.88 bits per heavy atom. The molecule has 0 aliphatic carbocycles. The van der Waals surface area contributed by atoms with E-state index in [1.807, 2.05) is 0 Å². The van der Waals surface area contributed by atoms with Gasteiger partial charge in [-0.3, -0.25) is 4.90 Å². The summed E-state index contributed by atoms with van der Waals surface area (Å²) in [7, 11) is 0. The van der Waals surface area contributed by atoms with Crippen LogP contribution in [-0.4, -0.2) is 24.5 Å². The summed E-state index contributed by atoms with van der Waals surface area (Å²) in [6, 6.07) is 8.80. The van der Waals surface area contributed by atoms with Crippen LogP contribution in [0.5, 0.6) is 0 Å². The highest BCUT2D eigenvalue weighted by molar-refractivity contribution is 5.27. The van der Waals surface area contributed by atoms with Gasteiger partial charge in [0.15, 0.2) is 0 Å². The lowest BCUT2D eigenvalue weighted by molar-refractivity contribution is 0.254. The third kappa shape index (κ3) is 3.06. The number of benzene rings is 1. The quantitative estimate of drug-likeness (QED) is 0.838. The van der Waals surface area contributed by atoms with E-state index in [2.05, 4.69) is 41.4 Å². The molecule has 2 rings (SSSR count). The molecule has 0 spiro atoms. The molecule has 88 valence electrons. The molecule has 0 saturated carbocycles. The van der Waals surface area contributed by atoms with Gasteiger partial charge in [-0.25, -0.2) is 0 Å². The van der Waals surface area contributed by atoms with Crippen LogP contribution < -0.4 is 5.32 Å². The molecule has 0 amide bonds. The summed E-state index contributed by atoms with van der Waals surface area (Å²) >= 11 is 0. The largest absolute Gasteiger partial charge is 0.311 e. The lowest BCUT2D eigenvalue weighted by Crippen LogP contribution is -2.35. The highest BCUT2D eigenvalue weighted by atomic mass is 15.1. The van der Waals surface area contributed by atoms with Crippen LogP contribution in [0.2, 0.25) is 0 Å². The predicted octanol–water partition coefficient (Wildman–Crippen LogP) is 2.39. The zero-order chi connectivity index (χ0) is 11.2. The molecule has 0 fully saturated rings. The summed E-state index contributed by atoms with van der Waals surface area (Å²) in [5.41, 5.74) is 2.95. The molecule has 0 unspecified atom stereocenters. The zero-order valence-corrected chi connectivity index (χ0v) is 10.2. The van der Waals surface area contributed by atoms with Crippen LogP contribution in [0.25, 0.3) is 0 Å². The molecule has 1 N–H and O–H groups in total. The molecular formula is C14H22N2. The van der Waals surface area contributed by atoms with Crippen molar-refractivity contribution in [2.24, 2.45) is 0 Å².